The van der Waals surface area contributed by atoms with Crippen LogP contribution in [0.25, 0.3) is 6.08 Å². The third-order valence-corrected chi connectivity index (χ3v) is 3.75. The molecule has 0 saturated carbocycles. The second-order valence-electron chi connectivity index (χ2n) is 5.55. The summed E-state index contributed by atoms with van der Waals surface area (Å²) in [5, 5.41) is 12.1. The highest BCUT2D eigenvalue weighted by Gasteiger charge is 2.12. The third kappa shape index (κ3) is 4.39. The summed E-state index contributed by atoms with van der Waals surface area (Å²) in [6.45, 7) is 3.84. The lowest BCUT2D eigenvalue weighted by Crippen LogP contribution is -2.13. The molecule has 0 aromatic heterocycles. The number of amides is 1. The molecular weight excluding hydrogens is 316 g/mol. The van der Waals surface area contributed by atoms with Gasteiger partial charge in [0.15, 0.2) is 11.5 Å². The van der Waals surface area contributed by atoms with Gasteiger partial charge >= 0.3 is 0 Å². The largest absolute Gasteiger partial charge is 0.493 e. The van der Waals surface area contributed by atoms with Crippen LogP contribution in [-0.4, -0.2) is 20.1 Å². The van der Waals surface area contributed by atoms with E-state index in [-0.39, 0.29) is 5.57 Å². The number of rotatable bonds is 5. The second-order valence-corrected chi connectivity index (χ2v) is 5.55. The highest BCUT2D eigenvalue weighted by atomic mass is 16.5. The van der Waals surface area contributed by atoms with Gasteiger partial charge in [0, 0.05) is 5.69 Å². The highest BCUT2D eigenvalue weighted by Crippen LogP contribution is 2.31. The molecule has 2 rings (SSSR count). The molecule has 0 aliphatic carbocycles. The molecule has 1 N–H and O–H groups in total. The molecule has 0 unspecified atom stereocenters. The van der Waals surface area contributed by atoms with Crippen molar-refractivity contribution in [2.45, 2.75) is 13.8 Å². The minimum atomic E-state index is -0.458. The van der Waals surface area contributed by atoms with Crippen molar-refractivity contribution < 1.29 is 14.3 Å². The van der Waals surface area contributed by atoms with Gasteiger partial charge in [-0.2, -0.15) is 5.26 Å². The number of benzene rings is 2. The molecule has 2 aromatic rings. The first kappa shape index (κ1) is 18.1. The van der Waals surface area contributed by atoms with Crippen molar-refractivity contribution in [3.8, 4) is 17.6 Å². The average molecular weight is 336 g/mol. The van der Waals surface area contributed by atoms with E-state index < -0.39 is 5.91 Å². The lowest BCUT2D eigenvalue weighted by Gasteiger charge is -2.11. The van der Waals surface area contributed by atoms with E-state index in [0.29, 0.717) is 22.7 Å². The molecule has 0 atom stereocenters. The fourth-order valence-corrected chi connectivity index (χ4v) is 2.29. The zero-order chi connectivity index (χ0) is 18.4. The van der Waals surface area contributed by atoms with Crippen LogP contribution in [0.2, 0.25) is 0 Å². The zero-order valence-electron chi connectivity index (χ0n) is 14.7. The number of anilines is 1. The summed E-state index contributed by atoms with van der Waals surface area (Å²) in [4.78, 5) is 12.4. The van der Waals surface area contributed by atoms with Crippen molar-refractivity contribution in [2.24, 2.45) is 0 Å². The zero-order valence-corrected chi connectivity index (χ0v) is 14.7. The second kappa shape index (κ2) is 8.02. The van der Waals surface area contributed by atoms with Gasteiger partial charge in [0.1, 0.15) is 11.6 Å². The van der Waals surface area contributed by atoms with E-state index in [1.54, 1.807) is 37.5 Å². The van der Waals surface area contributed by atoms with E-state index in [2.05, 4.69) is 5.32 Å². The number of carbonyl (C=O) groups excluding carboxylic acids is 1. The summed E-state index contributed by atoms with van der Waals surface area (Å²) in [5.41, 5.74) is 3.33. The van der Waals surface area contributed by atoms with E-state index in [1.807, 2.05) is 32.0 Å². The SMILES string of the molecule is COc1cc(C)c(C=C(C#N)C(=O)Nc2ccc(C)cc2)cc1OC. The Morgan fingerprint density at radius 1 is 1.08 bits per heavy atom. The molecule has 0 spiro atoms. The summed E-state index contributed by atoms with van der Waals surface area (Å²) < 4.78 is 10.5. The van der Waals surface area contributed by atoms with Gasteiger partial charge in [-0.05, 0) is 55.3 Å². The first-order chi connectivity index (χ1) is 12.0. The molecule has 0 aliphatic heterocycles. The number of methoxy groups -OCH3 is 2. The van der Waals surface area contributed by atoms with Crippen LogP contribution in [0, 0.1) is 25.2 Å². The summed E-state index contributed by atoms with van der Waals surface area (Å²) in [6, 6.07) is 12.9. The van der Waals surface area contributed by atoms with Crippen molar-refractivity contribution in [3.05, 3.63) is 58.7 Å². The van der Waals surface area contributed by atoms with Crippen LogP contribution in [0.15, 0.2) is 42.0 Å². The number of nitrogens with zero attached hydrogens (tertiary/aromatic N) is 1. The van der Waals surface area contributed by atoms with Crippen molar-refractivity contribution in [1.82, 2.24) is 0 Å². The van der Waals surface area contributed by atoms with E-state index in [0.717, 1.165) is 11.1 Å². The van der Waals surface area contributed by atoms with E-state index in [9.17, 15) is 10.1 Å². The van der Waals surface area contributed by atoms with Gasteiger partial charge < -0.3 is 14.8 Å². The minimum absolute atomic E-state index is 0.0101. The predicted molar refractivity (Wildman–Crippen MR) is 97.7 cm³/mol. The molecule has 128 valence electrons. The molecule has 0 heterocycles. The molecule has 1 amide bonds. The monoisotopic (exact) mass is 336 g/mol. The quantitative estimate of drug-likeness (QED) is 0.665. The van der Waals surface area contributed by atoms with Gasteiger partial charge in [0.25, 0.3) is 5.91 Å². The maximum atomic E-state index is 12.4. The molecule has 0 radical (unpaired) electrons. The van der Waals surface area contributed by atoms with Crippen molar-refractivity contribution in [2.75, 3.05) is 19.5 Å². The summed E-state index contributed by atoms with van der Waals surface area (Å²) in [5.74, 6) is 0.677. The van der Waals surface area contributed by atoms with Crippen LogP contribution in [0.1, 0.15) is 16.7 Å². The topological polar surface area (TPSA) is 71.3 Å². The molecular formula is C20H20N2O3. The fraction of sp³-hybridized carbons (Fsp3) is 0.200. The Balaban J connectivity index is 2.32. The molecule has 0 aliphatic rings. The number of hydrogen-bond acceptors (Lipinski definition) is 4. The lowest BCUT2D eigenvalue weighted by atomic mass is 10.0. The number of nitrogens with one attached hydrogen (secondary N) is 1. The highest BCUT2D eigenvalue weighted by molar-refractivity contribution is 6.09. The summed E-state index contributed by atoms with van der Waals surface area (Å²) in [6.07, 6.45) is 1.54. The molecule has 0 bridgehead atoms. The van der Waals surface area contributed by atoms with Crippen LogP contribution >= 0.6 is 0 Å². The summed E-state index contributed by atoms with van der Waals surface area (Å²) in [7, 11) is 3.10. The third-order valence-electron chi connectivity index (χ3n) is 3.75. The van der Waals surface area contributed by atoms with Gasteiger partial charge in [0.05, 0.1) is 14.2 Å². The molecule has 5 nitrogen and oxygen atoms in total. The standard InChI is InChI=1S/C20H20N2O3/c1-13-5-7-17(8-6-13)22-20(23)16(12-21)10-15-11-19(25-4)18(24-3)9-14(15)2/h5-11H,1-4H3,(H,22,23). The van der Waals surface area contributed by atoms with Crippen molar-refractivity contribution in [1.29, 1.82) is 5.26 Å². The van der Waals surface area contributed by atoms with Gasteiger partial charge in [-0.3, -0.25) is 4.79 Å². The van der Waals surface area contributed by atoms with Crippen LogP contribution in [-0.2, 0) is 4.79 Å². The smallest absolute Gasteiger partial charge is 0.266 e. The molecule has 25 heavy (non-hydrogen) atoms. The van der Waals surface area contributed by atoms with E-state index >= 15 is 0 Å². The Morgan fingerprint density at radius 3 is 2.24 bits per heavy atom. The lowest BCUT2D eigenvalue weighted by molar-refractivity contribution is -0.112. The predicted octanol–water partition coefficient (Wildman–Crippen LogP) is 3.87. The normalized spacial score (nSPS) is 10.8. The number of nitriles is 1. The number of ether oxygens (including phenoxy) is 2. The molecule has 2 aromatic carbocycles. The Hall–Kier alpha value is -3.26. The van der Waals surface area contributed by atoms with Crippen LogP contribution < -0.4 is 14.8 Å². The molecule has 0 saturated heterocycles. The van der Waals surface area contributed by atoms with Crippen LogP contribution in [0.3, 0.4) is 0 Å². The first-order valence-corrected chi connectivity index (χ1v) is 7.71. The first-order valence-electron chi connectivity index (χ1n) is 7.71. The Kier molecular flexibility index (Phi) is 5.80. The number of hydrogen-bond donors (Lipinski definition) is 1. The van der Waals surface area contributed by atoms with Crippen LogP contribution in [0.4, 0.5) is 5.69 Å². The number of aryl methyl sites for hydroxylation is 2. The van der Waals surface area contributed by atoms with Gasteiger partial charge in [0.2, 0.25) is 0 Å². The van der Waals surface area contributed by atoms with E-state index in [1.165, 1.54) is 7.11 Å². The van der Waals surface area contributed by atoms with Gasteiger partial charge in [-0.15, -0.1) is 0 Å². The van der Waals surface area contributed by atoms with Gasteiger partial charge in [-0.1, -0.05) is 17.7 Å². The maximum absolute atomic E-state index is 12.4. The Bertz CT molecular complexity index is 846. The Morgan fingerprint density at radius 2 is 1.68 bits per heavy atom. The van der Waals surface area contributed by atoms with Crippen molar-refractivity contribution in [3.63, 3.8) is 0 Å². The summed E-state index contributed by atoms with van der Waals surface area (Å²) >= 11 is 0. The number of carbonyl (C=O) groups is 1. The molecule has 0 fully saturated rings. The fourth-order valence-electron chi connectivity index (χ4n) is 2.29. The van der Waals surface area contributed by atoms with Gasteiger partial charge in [-0.25, -0.2) is 0 Å². The molecule has 5 heteroatoms. The minimum Gasteiger partial charge on any atom is -0.493 e. The average Bonchev–Trinajstić information content (AvgIpc) is 2.62. The maximum Gasteiger partial charge on any atom is 0.266 e. The van der Waals surface area contributed by atoms with Crippen LogP contribution in [0.5, 0.6) is 11.5 Å². The Labute approximate surface area is 147 Å². The van der Waals surface area contributed by atoms with E-state index in [4.69, 9.17) is 9.47 Å². The van der Waals surface area contributed by atoms with Crippen molar-refractivity contribution >= 4 is 17.7 Å².